The van der Waals surface area contributed by atoms with Crippen molar-refractivity contribution in [3.05, 3.63) is 53.6 Å². The lowest BCUT2D eigenvalue weighted by atomic mass is 10.1. The second kappa shape index (κ2) is 8.23. The molecule has 2 N–H and O–H groups in total. The van der Waals surface area contributed by atoms with Gasteiger partial charge < -0.3 is 10.1 Å². The predicted octanol–water partition coefficient (Wildman–Crippen LogP) is 3.33. The molecule has 140 valence electrons. The van der Waals surface area contributed by atoms with Gasteiger partial charge in [-0.1, -0.05) is 19.1 Å². The highest BCUT2D eigenvalue weighted by Gasteiger charge is 2.22. The van der Waals surface area contributed by atoms with Gasteiger partial charge in [0.05, 0.1) is 24.5 Å². The average Bonchev–Trinajstić information content (AvgIpc) is 2.57. The van der Waals surface area contributed by atoms with Gasteiger partial charge in [-0.05, 0) is 49.2 Å². The molecular weight excluding hydrogens is 352 g/mol. The normalized spacial score (nSPS) is 12.3. The van der Waals surface area contributed by atoms with Crippen LogP contribution in [0.15, 0.2) is 42.5 Å². The largest absolute Gasteiger partial charge is 0.497 e. The number of benzene rings is 2. The third-order valence-electron chi connectivity index (χ3n) is 4.03. The standard InChI is InChI=1S/C19H24N2O4S/c1-13-8-9-16(10-14(13)2)20-19(22)15(3)12-26(23,24)21-17-6-5-7-18(11-17)25-4/h5-11,15,21H,12H2,1-4H3,(H,20,22). The van der Waals surface area contributed by atoms with Crippen LogP contribution in [0.2, 0.25) is 0 Å². The van der Waals surface area contributed by atoms with Crippen LogP contribution in [-0.2, 0) is 14.8 Å². The molecule has 2 rings (SSSR count). The Morgan fingerprint density at radius 1 is 1.08 bits per heavy atom. The zero-order valence-electron chi connectivity index (χ0n) is 15.4. The number of aryl methyl sites for hydroxylation is 2. The maximum absolute atomic E-state index is 12.3. The summed E-state index contributed by atoms with van der Waals surface area (Å²) in [6, 6.07) is 12.2. The molecule has 0 saturated carbocycles. The van der Waals surface area contributed by atoms with E-state index in [1.807, 2.05) is 26.0 Å². The van der Waals surface area contributed by atoms with Gasteiger partial charge >= 0.3 is 0 Å². The molecule has 0 bridgehead atoms. The lowest BCUT2D eigenvalue weighted by molar-refractivity contribution is -0.118. The molecule has 2 aromatic rings. The van der Waals surface area contributed by atoms with Crippen LogP contribution < -0.4 is 14.8 Å². The van der Waals surface area contributed by atoms with Crippen LogP contribution in [0.3, 0.4) is 0 Å². The van der Waals surface area contributed by atoms with Gasteiger partial charge in [0.2, 0.25) is 15.9 Å². The molecule has 26 heavy (non-hydrogen) atoms. The second-order valence-corrected chi connectivity index (χ2v) is 8.07. The highest BCUT2D eigenvalue weighted by Crippen LogP contribution is 2.19. The lowest BCUT2D eigenvalue weighted by Crippen LogP contribution is -2.29. The summed E-state index contributed by atoms with van der Waals surface area (Å²) < 4.78 is 32.2. The molecule has 0 heterocycles. The van der Waals surface area contributed by atoms with Crippen molar-refractivity contribution in [2.75, 3.05) is 22.9 Å². The third kappa shape index (κ3) is 5.49. The van der Waals surface area contributed by atoms with Crippen molar-refractivity contribution in [2.45, 2.75) is 20.8 Å². The van der Waals surface area contributed by atoms with Gasteiger partial charge in [0.25, 0.3) is 0 Å². The van der Waals surface area contributed by atoms with Crippen molar-refractivity contribution in [1.82, 2.24) is 0 Å². The van der Waals surface area contributed by atoms with E-state index >= 15 is 0 Å². The first-order chi connectivity index (χ1) is 12.2. The first-order valence-corrected chi connectivity index (χ1v) is 9.88. The van der Waals surface area contributed by atoms with Crippen molar-refractivity contribution in [1.29, 1.82) is 0 Å². The summed E-state index contributed by atoms with van der Waals surface area (Å²) in [6.07, 6.45) is 0. The lowest BCUT2D eigenvalue weighted by Gasteiger charge is -2.15. The number of sulfonamides is 1. The number of carbonyl (C=O) groups is 1. The number of carbonyl (C=O) groups excluding carboxylic acids is 1. The van der Waals surface area contributed by atoms with Crippen LogP contribution in [0, 0.1) is 19.8 Å². The van der Waals surface area contributed by atoms with E-state index in [0.717, 1.165) is 11.1 Å². The number of hydrogen-bond acceptors (Lipinski definition) is 4. The summed E-state index contributed by atoms with van der Waals surface area (Å²) in [5.41, 5.74) is 3.23. The first-order valence-electron chi connectivity index (χ1n) is 8.23. The number of ether oxygens (including phenoxy) is 1. The summed E-state index contributed by atoms with van der Waals surface area (Å²) in [7, 11) is -2.17. The summed E-state index contributed by atoms with van der Waals surface area (Å²) in [5, 5.41) is 2.76. The van der Waals surface area contributed by atoms with Crippen molar-refractivity contribution in [3.8, 4) is 5.75 Å². The highest BCUT2D eigenvalue weighted by atomic mass is 32.2. The van der Waals surface area contributed by atoms with Gasteiger partial charge in [-0.3, -0.25) is 9.52 Å². The van der Waals surface area contributed by atoms with E-state index in [0.29, 0.717) is 17.1 Å². The van der Waals surface area contributed by atoms with E-state index in [2.05, 4.69) is 10.0 Å². The molecule has 0 aliphatic carbocycles. The molecule has 6 nitrogen and oxygen atoms in total. The zero-order chi connectivity index (χ0) is 19.3. The number of anilines is 2. The van der Waals surface area contributed by atoms with Gasteiger partial charge in [0, 0.05) is 11.8 Å². The smallest absolute Gasteiger partial charge is 0.233 e. The number of rotatable bonds is 7. The number of amides is 1. The highest BCUT2D eigenvalue weighted by molar-refractivity contribution is 7.92. The van der Waals surface area contributed by atoms with E-state index < -0.39 is 15.9 Å². The summed E-state index contributed by atoms with van der Waals surface area (Å²) in [4.78, 5) is 12.3. The monoisotopic (exact) mass is 376 g/mol. The molecule has 7 heteroatoms. The Morgan fingerprint density at radius 2 is 1.81 bits per heavy atom. The third-order valence-corrected chi connectivity index (χ3v) is 5.52. The van der Waals surface area contributed by atoms with Crippen LogP contribution in [0.25, 0.3) is 0 Å². The summed E-state index contributed by atoms with van der Waals surface area (Å²) >= 11 is 0. The van der Waals surface area contributed by atoms with Crippen molar-refractivity contribution < 1.29 is 17.9 Å². The van der Waals surface area contributed by atoms with Crippen LogP contribution >= 0.6 is 0 Å². The van der Waals surface area contributed by atoms with Crippen molar-refractivity contribution in [3.63, 3.8) is 0 Å². The Morgan fingerprint density at radius 3 is 2.46 bits per heavy atom. The van der Waals surface area contributed by atoms with Crippen LogP contribution in [0.5, 0.6) is 5.75 Å². The molecule has 1 amide bonds. The molecule has 0 aromatic heterocycles. The summed E-state index contributed by atoms with van der Waals surface area (Å²) in [5.74, 6) is -0.823. The molecule has 0 radical (unpaired) electrons. The minimum absolute atomic E-state index is 0.319. The number of hydrogen-bond donors (Lipinski definition) is 2. The van der Waals surface area contributed by atoms with Crippen LogP contribution in [-0.4, -0.2) is 27.2 Å². The van der Waals surface area contributed by atoms with E-state index in [1.165, 1.54) is 7.11 Å². The maximum atomic E-state index is 12.3. The quantitative estimate of drug-likeness (QED) is 0.776. The van der Waals surface area contributed by atoms with Crippen molar-refractivity contribution >= 4 is 27.3 Å². The predicted molar refractivity (Wildman–Crippen MR) is 104 cm³/mol. The first kappa shape index (κ1) is 19.8. The molecule has 0 aliphatic rings. The second-order valence-electron chi connectivity index (χ2n) is 6.30. The topological polar surface area (TPSA) is 84.5 Å². The zero-order valence-corrected chi connectivity index (χ0v) is 16.2. The molecule has 0 aliphatic heterocycles. The Labute approximate surface area is 154 Å². The molecule has 0 spiro atoms. The van der Waals surface area contributed by atoms with E-state index in [9.17, 15) is 13.2 Å². The van der Waals surface area contributed by atoms with Crippen LogP contribution in [0.4, 0.5) is 11.4 Å². The molecular formula is C19H24N2O4S. The van der Waals surface area contributed by atoms with Crippen LogP contribution in [0.1, 0.15) is 18.1 Å². The molecule has 2 aromatic carbocycles. The number of nitrogens with one attached hydrogen (secondary N) is 2. The van der Waals surface area contributed by atoms with E-state index in [1.54, 1.807) is 37.3 Å². The van der Waals surface area contributed by atoms with Gasteiger partial charge in [-0.25, -0.2) is 8.42 Å². The number of methoxy groups -OCH3 is 1. The van der Waals surface area contributed by atoms with Crippen molar-refractivity contribution in [2.24, 2.45) is 5.92 Å². The van der Waals surface area contributed by atoms with Gasteiger partial charge in [-0.2, -0.15) is 0 Å². The SMILES string of the molecule is COc1cccc(NS(=O)(=O)CC(C)C(=O)Nc2ccc(C)c(C)c2)c1. The molecule has 0 fully saturated rings. The Kier molecular flexibility index (Phi) is 6.26. The van der Waals surface area contributed by atoms with Gasteiger partial charge in [-0.15, -0.1) is 0 Å². The Balaban J connectivity index is 2.00. The Bertz CT molecular complexity index is 894. The summed E-state index contributed by atoms with van der Waals surface area (Å²) in [6.45, 7) is 5.53. The minimum Gasteiger partial charge on any atom is -0.497 e. The Hall–Kier alpha value is -2.54. The van der Waals surface area contributed by atoms with E-state index in [-0.39, 0.29) is 11.7 Å². The minimum atomic E-state index is -3.68. The van der Waals surface area contributed by atoms with Gasteiger partial charge in [0.15, 0.2) is 0 Å². The molecule has 0 saturated heterocycles. The van der Waals surface area contributed by atoms with Gasteiger partial charge in [0.1, 0.15) is 5.75 Å². The van der Waals surface area contributed by atoms with E-state index in [4.69, 9.17) is 4.74 Å². The molecule has 1 unspecified atom stereocenters. The molecule has 1 atom stereocenters. The fraction of sp³-hybridized carbons (Fsp3) is 0.316. The maximum Gasteiger partial charge on any atom is 0.233 e. The average molecular weight is 376 g/mol. The fourth-order valence-electron chi connectivity index (χ4n) is 2.40. The fourth-order valence-corrected chi connectivity index (χ4v) is 3.78.